The fraction of sp³-hybridized carbons (Fsp3) is 0.625. The second-order valence-electron chi connectivity index (χ2n) is 12.0. The van der Waals surface area contributed by atoms with Crippen LogP contribution in [0.4, 0.5) is 0 Å². The highest BCUT2D eigenvalue weighted by Gasteiger charge is 2.22. The van der Waals surface area contributed by atoms with Gasteiger partial charge in [0.05, 0.1) is 0 Å². The van der Waals surface area contributed by atoms with Gasteiger partial charge in [0.1, 0.15) is 0 Å². The Morgan fingerprint density at radius 1 is 0.531 bits per heavy atom. The Bertz CT molecular complexity index is 783. The zero-order valence-corrected chi connectivity index (χ0v) is 22.9. The second-order valence-corrected chi connectivity index (χ2v) is 12.0. The molecule has 0 heterocycles. The molecular weight excluding hydrogens is 384 g/mol. The Balaban J connectivity index is 2.76. The van der Waals surface area contributed by atoms with E-state index in [0.717, 1.165) is 0 Å². The average molecular weight is 435 g/mol. The molecule has 0 radical (unpaired) electrons. The third-order valence-corrected chi connectivity index (χ3v) is 7.18. The van der Waals surface area contributed by atoms with E-state index in [1.165, 1.54) is 71.9 Å². The van der Waals surface area contributed by atoms with E-state index in [4.69, 9.17) is 0 Å². The van der Waals surface area contributed by atoms with Crippen LogP contribution < -0.4 is 0 Å². The predicted octanol–water partition coefficient (Wildman–Crippen LogP) is 10.5. The van der Waals surface area contributed by atoms with E-state index in [1.807, 2.05) is 0 Å². The van der Waals surface area contributed by atoms with E-state index in [1.54, 1.807) is 0 Å². The molecule has 2 aromatic rings. The molecule has 0 aliphatic heterocycles. The fourth-order valence-corrected chi connectivity index (χ4v) is 4.88. The van der Waals surface area contributed by atoms with Crippen LogP contribution in [0.15, 0.2) is 36.4 Å². The molecule has 0 aliphatic rings. The molecule has 0 amide bonds. The number of hydrogen-bond acceptors (Lipinski definition) is 0. The van der Waals surface area contributed by atoms with E-state index in [-0.39, 0.29) is 10.8 Å². The van der Waals surface area contributed by atoms with Crippen LogP contribution in [0.1, 0.15) is 142 Å². The first kappa shape index (κ1) is 26.7. The quantitative estimate of drug-likeness (QED) is 0.368. The highest BCUT2D eigenvalue weighted by molar-refractivity contribution is 5.68. The third kappa shape index (κ3) is 6.72. The maximum absolute atomic E-state index is 2.51. The van der Waals surface area contributed by atoms with Gasteiger partial charge in [-0.15, -0.1) is 0 Å². The Morgan fingerprint density at radius 3 is 1.12 bits per heavy atom. The Hall–Kier alpha value is -1.56. The van der Waals surface area contributed by atoms with Crippen molar-refractivity contribution in [3.05, 3.63) is 58.7 Å². The van der Waals surface area contributed by atoms with Gasteiger partial charge in [0, 0.05) is 0 Å². The number of hydrogen-bond donors (Lipinski definition) is 0. The minimum Gasteiger partial charge on any atom is -0.0654 e. The summed E-state index contributed by atoms with van der Waals surface area (Å²) in [5.74, 6) is 1.30. The summed E-state index contributed by atoms with van der Waals surface area (Å²) in [7, 11) is 0. The summed E-state index contributed by atoms with van der Waals surface area (Å²) in [5.41, 5.74) is 9.08. The first-order valence-electron chi connectivity index (χ1n) is 13.3. The van der Waals surface area contributed by atoms with Crippen molar-refractivity contribution in [1.29, 1.82) is 0 Å². The van der Waals surface area contributed by atoms with Crippen molar-refractivity contribution < 1.29 is 0 Å². The van der Waals surface area contributed by atoms with Gasteiger partial charge in [-0.2, -0.15) is 0 Å². The number of rotatable bonds is 9. The molecular formula is C32H50. The monoisotopic (exact) mass is 434 g/mol. The minimum atomic E-state index is 0.147. The van der Waals surface area contributed by atoms with Crippen LogP contribution in [0.2, 0.25) is 0 Å². The van der Waals surface area contributed by atoms with E-state index in [0.29, 0.717) is 11.8 Å². The summed E-state index contributed by atoms with van der Waals surface area (Å²) in [6.07, 6.45) is 7.44. The molecule has 0 heteroatoms. The van der Waals surface area contributed by atoms with Gasteiger partial charge in [-0.1, -0.05) is 118 Å². The van der Waals surface area contributed by atoms with Gasteiger partial charge in [-0.25, -0.2) is 0 Å². The molecule has 0 aromatic heterocycles. The van der Waals surface area contributed by atoms with Crippen molar-refractivity contribution in [3.8, 4) is 11.1 Å². The molecule has 0 aliphatic carbocycles. The average Bonchev–Trinajstić information content (AvgIpc) is 2.73. The molecule has 0 fully saturated rings. The summed E-state index contributed by atoms with van der Waals surface area (Å²) in [6, 6.07) is 14.9. The Morgan fingerprint density at radius 2 is 0.875 bits per heavy atom. The molecule has 0 N–H and O–H groups in total. The molecule has 0 nitrogen and oxygen atoms in total. The SMILES string of the molecule is CCCC(CC)c1cc(-c2cc(C(CC)CCC)cc(C(C)(C)C)c2)cc(C(C)(C)C)c1. The van der Waals surface area contributed by atoms with E-state index in [2.05, 4.69) is 106 Å². The summed E-state index contributed by atoms with van der Waals surface area (Å²) in [5, 5.41) is 0. The standard InChI is InChI=1S/C32H50/c1-11-15-23(13-3)25-17-27(21-29(19-25)31(5,6)7)28-18-26(24(14-4)16-12-2)20-30(22-28)32(8,9)10/h17-24H,11-16H2,1-10H3. The smallest absolute Gasteiger partial charge is 0.0132 e. The van der Waals surface area contributed by atoms with Gasteiger partial charge < -0.3 is 0 Å². The van der Waals surface area contributed by atoms with Crippen LogP contribution in [0.5, 0.6) is 0 Å². The lowest BCUT2D eigenvalue weighted by molar-refractivity contribution is 0.573. The molecule has 2 rings (SSSR count). The molecule has 0 bridgehead atoms. The lowest BCUT2D eigenvalue weighted by Gasteiger charge is -2.26. The van der Waals surface area contributed by atoms with Crippen LogP contribution in [0, 0.1) is 0 Å². The topological polar surface area (TPSA) is 0 Å². The molecule has 0 spiro atoms. The van der Waals surface area contributed by atoms with E-state index < -0.39 is 0 Å². The summed E-state index contributed by atoms with van der Waals surface area (Å²) >= 11 is 0. The van der Waals surface area contributed by atoms with Crippen molar-refractivity contribution in [2.24, 2.45) is 0 Å². The predicted molar refractivity (Wildman–Crippen MR) is 145 cm³/mol. The lowest BCUT2D eigenvalue weighted by Crippen LogP contribution is -2.14. The molecule has 2 aromatic carbocycles. The summed E-state index contributed by atoms with van der Waals surface area (Å²) in [4.78, 5) is 0. The summed E-state index contributed by atoms with van der Waals surface area (Å²) < 4.78 is 0. The van der Waals surface area contributed by atoms with Crippen LogP contribution >= 0.6 is 0 Å². The normalized spacial score (nSPS) is 14.4. The second kappa shape index (κ2) is 11.0. The zero-order valence-electron chi connectivity index (χ0n) is 22.9. The molecule has 0 saturated carbocycles. The maximum Gasteiger partial charge on any atom is -0.0132 e. The highest BCUT2D eigenvalue weighted by atomic mass is 14.3. The van der Waals surface area contributed by atoms with E-state index in [9.17, 15) is 0 Å². The minimum absolute atomic E-state index is 0.147. The van der Waals surface area contributed by atoms with Crippen LogP contribution in [-0.4, -0.2) is 0 Å². The van der Waals surface area contributed by atoms with Gasteiger partial charge in [-0.05, 0) is 81.7 Å². The fourth-order valence-electron chi connectivity index (χ4n) is 4.88. The Kier molecular flexibility index (Phi) is 9.21. The molecule has 32 heavy (non-hydrogen) atoms. The van der Waals surface area contributed by atoms with Gasteiger partial charge in [0.25, 0.3) is 0 Å². The third-order valence-electron chi connectivity index (χ3n) is 7.18. The lowest BCUT2D eigenvalue weighted by atomic mass is 9.78. The van der Waals surface area contributed by atoms with Gasteiger partial charge in [-0.3, -0.25) is 0 Å². The number of benzene rings is 2. The zero-order chi connectivity index (χ0) is 24.1. The van der Waals surface area contributed by atoms with Crippen molar-refractivity contribution in [2.45, 2.75) is 130 Å². The van der Waals surface area contributed by atoms with Crippen LogP contribution in [-0.2, 0) is 10.8 Å². The largest absolute Gasteiger partial charge is 0.0654 e. The first-order valence-corrected chi connectivity index (χ1v) is 13.3. The van der Waals surface area contributed by atoms with E-state index >= 15 is 0 Å². The van der Waals surface area contributed by atoms with Gasteiger partial charge in [0.15, 0.2) is 0 Å². The van der Waals surface area contributed by atoms with Gasteiger partial charge in [0.2, 0.25) is 0 Å². The van der Waals surface area contributed by atoms with Crippen LogP contribution in [0.3, 0.4) is 0 Å². The highest BCUT2D eigenvalue weighted by Crippen LogP contribution is 2.38. The van der Waals surface area contributed by atoms with Crippen molar-refractivity contribution in [1.82, 2.24) is 0 Å². The maximum atomic E-state index is 2.51. The van der Waals surface area contributed by atoms with Crippen molar-refractivity contribution in [3.63, 3.8) is 0 Å². The molecule has 178 valence electrons. The summed E-state index contributed by atoms with van der Waals surface area (Å²) in [6.45, 7) is 23.4. The van der Waals surface area contributed by atoms with Crippen LogP contribution in [0.25, 0.3) is 11.1 Å². The first-order chi connectivity index (χ1) is 14.9. The van der Waals surface area contributed by atoms with Crippen molar-refractivity contribution >= 4 is 0 Å². The van der Waals surface area contributed by atoms with Gasteiger partial charge >= 0.3 is 0 Å². The Labute approximate surface area is 200 Å². The van der Waals surface area contributed by atoms with Crippen molar-refractivity contribution in [2.75, 3.05) is 0 Å². The molecule has 2 unspecified atom stereocenters. The molecule has 0 saturated heterocycles. The molecule has 2 atom stereocenters.